The van der Waals surface area contributed by atoms with Crippen LogP contribution in [0.4, 0.5) is 5.69 Å². The number of piperidine rings is 2. The molecule has 0 aromatic heterocycles. The molecule has 0 amide bonds. The van der Waals surface area contributed by atoms with E-state index in [1.54, 1.807) is 0 Å². The molecule has 0 radical (unpaired) electrons. The SMILES string of the molecule is C#C.C1CC2(CCN1)OCCO2.Ic1ccccc1.c1ccc(N2CCC3(CC2)OCCO3)cc1. The first-order valence-electron chi connectivity index (χ1n) is 12.3. The van der Waals surface area contributed by atoms with Crippen LogP contribution in [0.15, 0.2) is 60.7 Å². The molecule has 35 heavy (non-hydrogen) atoms. The van der Waals surface area contributed by atoms with Crippen molar-refractivity contribution in [1.82, 2.24) is 5.32 Å². The van der Waals surface area contributed by atoms with E-state index in [1.165, 1.54) is 9.26 Å². The highest BCUT2D eigenvalue weighted by atomic mass is 127. The molecule has 2 aromatic rings. The zero-order chi connectivity index (χ0) is 24.8. The minimum Gasteiger partial charge on any atom is -0.371 e. The summed E-state index contributed by atoms with van der Waals surface area (Å²) in [5, 5.41) is 3.28. The molecule has 2 spiro atoms. The second-order valence-electron chi connectivity index (χ2n) is 8.58. The van der Waals surface area contributed by atoms with Crippen molar-refractivity contribution >= 4 is 28.3 Å². The number of hydrogen-bond donors (Lipinski definition) is 1. The second-order valence-corrected chi connectivity index (χ2v) is 9.83. The molecule has 0 aliphatic carbocycles. The van der Waals surface area contributed by atoms with Crippen molar-refractivity contribution in [2.75, 3.05) is 57.5 Å². The molecule has 190 valence electrons. The van der Waals surface area contributed by atoms with Gasteiger partial charge in [0.2, 0.25) is 0 Å². The van der Waals surface area contributed by atoms with Crippen LogP contribution in [0.5, 0.6) is 0 Å². The van der Waals surface area contributed by atoms with Gasteiger partial charge in [0, 0.05) is 61.1 Å². The molecule has 0 unspecified atom stereocenters. The minimum atomic E-state index is -0.259. The molecule has 1 N–H and O–H groups in total. The molecule has 4 heterocycles. The van der Waals surface area contributed by atoms with Gasteiger partial charge < -0.3 is 29.2 Å². The summed E-state index contributed by atoms with van der Waals surface area (Å²) in [6.45, 7) is 7.16. The number of anilines is 1. The summed E-state index contributed by atoms with van der Waals surface area (Å²) < 4.78 is 23.8. The molecule has 4 aliphatic rings. The van der Waals surface area contributed by atoms with Gasteiger partial charge in [0.25, 0.3) is 0 Å². The van der Waals surface area contributed by atoms with Crippen LogP contribution >= 0.6 is 22.6 Å². The van der Waals surface area contributed by atoms with E-state index in [4.69, 9.17) is 18.9 Å². The van der Waals surface area contributed by atoms with Crippen LogP contribution in [-0.2, 0) is 18.9 Å². The maximum atomic E-state index is 5.72. The number of halogens is 1. The number of para-hydroxylation sites is 1. The summed E-state index contributed by atoms with van der Waals surface area (Å²) in [4.78, 5) is 2.40. The zero-order valence-electron chi connectivity index (χ0n) is 20.4. The van der Waals surface area contributed by atoms with Crippen molar-refractivity contribution in [3.63, 3.8) is 0 Å². The molecule has 2 aromatic carbocycles. The molecule has 4 fully saturated rings. The van der Waals surface area contributed by atoms with Gasteiger partial charge in [-0.25, -0.2) is 0 Å². The van der Waals surface area contributed by atoms with Gasteiger partial charge in [0.15, 0.2) is 11.6 Å². The van der Waals surface area contributed by atoms with Crippen LogP contribution in [0.2, 0.25) is 0 Å². The molecule has 4 aliphatic heterocycles. The van der Waals surface area contributed by atoms with E-state index in [0.29, 0.717) is 0 Å². The lowest BCUT2D eigenvalue weighted by Gasteiger charge is -2.38. The third-order valence-corrected chi connectivity index (χ3v) is 7.09. The molecule has 0 saturated carbocycles. The van der Waals surface area contributed by atoms with E-state index in [1.807, 2.05) is 18.2 Å². The summed E-state index contributed by atoms with van der Waals surface area (Å²) >= 11 is 2.28. The summed E-state index contributed by atoms with van der Waals surface area (Å²) in [5.74, 6) is -0.448. The number of hydrogen-bond acceptors (Lipinski definition) is 6. The normalized spacial score (nSPS) is 21.6. The molecule has 0 atom stereocenters. The maximum absolute atomic E-state index is 5.72. The summed E-state index contributed by atoms with van der Waals surface area (Å²) in [6, 6.07) is 20.8. The maximum Gasteiger partial charge on any atom is 0.171 e. The number of terminal acetylenes is 1. The Morgan fingerprint density at radius 2 is 1.09 bits per heavy atom. The number of nitrogens with one attached hydrogen (secondary N) is 1. The lowest BCUT2D eigenvalue weighted by molar-refractivity contribution is -0.172. The van der Waals surface area contributed by atoms with Crippen LogP contribution in [0.1, 0.15) is 25.7 Å². The monoisotopic (exact) mass is 592 g/mol. The predicted octanol–water partition coefficient (Wildman–Crippen LogP) is 4.68. The topological polar surface area (TPSA) is 52.2 Å². The van der Waals surface area contributed by atoms with E-state index >= 15 is 0 Å². The smallest absolute Gasteiger partial charge is 0.171 e. The van der Waals surface area contributed by atoms with Crippen LogP contribution < -0.4 is 10.2 Å². The Morgan fingerprint density at radius 3 is 1.51 bits per heavy atom. The average Bonchev–Trinajstić information content (AvgIpc) is 3.58. The van der Waals surface area contributed by atoms with Crippen LogP contribution in [0.3, 0.4) is 0 Å². The van der Waals surface area contributed by atoms with Crippen LogP contribution in [0, 0.1) is 16.4 Å². The first-order valence-corrected chi connectivity index (χ1v) is 13.4. The summed E-state index contributed by atoms with van der Waals surface area (Å²) in [6.07, 6.45) is 12.0. The van der Waals surface area contributed by atoms with E-state index in [-0.39, 0.29) is 11.6 Å². The molecule has 0 bridgehead atoms. The third-order valence-electron chi connectivity index (χ3n) is 6.37. The quantitative estimate of drug-likeness (QED) is 0.384. The number of nitrogens with zero attached hydrogens (tertiary/aromatic N) is 1. The Hall–Kier alpha value is -1.67. The van der Waals surface area contributed by atoms with Gasteiger partial charge in [-0.05, 0) is 46.9 Å². The number of rotatable bonds is 1. The van der Waals surface area contributed by atoms with Crippen molar-refractivity contribution in [1.29, 1.82) is 0 Å². The minimum absolute atomic E-state index is 0.189. The average molecular weight is 593 g/mol. The Bertz CT molecular complexity index is 835. The number of benzene rings is 2. The van der Waals surface area contributed by atoms with Gasteiger partial charge in [-0.2, -0.15) is 0 Å². The Labute approximate surface area is 223 Å². The van der Waals surface area contributed by atoms with Gasteiger partial charge in [-0.3, -0.25) is 0 Å². The van der Waals surface area contributed by atoms with Crippen LogP contribution in [-0.4, -0.2) is 64.2 Å². The van der Waals surface area contributed by atoms with Gasteiger partial charge >= 0.3 is 0 Å². The van der Waals surface area contributed by atoms with E-state index in [2.05, 4.69) is 88.1 Å². The number of ether oxygens (including phenoxy) is 4. The summed E-state index contributed by atoms with van der Waals surface area (Å²) in [5.41, 5.74) is 1.30. The van der Waals surface area contributed by atoms with Crippen LogP contribution in [0.25, 0.3) is 0 Å². The summed E-state index contributed by atoms with van der Waals surface area (Å²) in [7, 11) is 0. The van der Waals surface area contributed by atoms with Crippen molar-refractivity contribution in [3.8, 4) is 12.8 Å². The molecule has 7 heteroatoms. The fourth-order valence-corrected chi connectivity index (χ4v) is 4.95. The first kappa shape index (κ1) is 27.9. The Kier molecular flexibility index (Phi) is 11.8. The molecule has 6 nitrogen and oxygen atoms in total. The van der Waals surface area contributed by atoms with Gasteiger partial charge in [-0.1, -0.05) is 36.4 Å². The molecule has 4 saturated heterocycles. The van der Waals surface area contributed by atoms with Crippen molar-refractivity contribution in [2.24, 2.45) is 0 Å². The highest BCUT2D eigenvalue weighted by Crippen LogP contribution is 2.33. The third kappa shape index (κ3) is 8.74. The highest BCUT2D eigenvalue weighted by Gasteiger charge is 2.40. The molecule has 6 rings (SSSR count). The van der Waals surface area contributed by atoms with E-state index in [9.17, 15) is 0 Å². The predicted molar refractivity (Wildman–Crippen MR) is 148 cm³/mol. The van der Waals surface area contributed by atoms with Crippen molar-refractivity contribution in [3.05, 3.63) is 64.2 Å². The van der Waals surface area contributed by atoms with E-state index in [0.717, 1.165) is 78.3 Å². The van der Waals surface area contributed by atoms with Gasteiger partial charge in [-0.15, -0.1) is 12.8 Å². The van der Waals surface area contributed by atoms with Crippen molar-refractivity contribution in [2.45, 2.75) is 37.3 Å². The van der Waals surface area contributed by atoms with Gasteiger partial charge in [0.1, 0.15) is 0 Å². The largest absolute Gasteiger partial charge is 0.371 e. The zero-order valence-corrected chi connectivity index (χ0v) is 22.5. The van der Waals surface area contributed by atoms with Crippen molar-refractivity contribution < 1.29 is 18.9 Å². The lowest BCUT2D eigenvalue weighted by atomic mass is 10.0. The standard InChI is InChI=1S/C13H17NO2.C7H13NO2.C6H5I.C2H2/c1-2-4-12(5-3-1)14-8-6-13(7-9-14)15-10-11-16-13;1-3-8-4-2-7(1)9-5-6-10-7;7-6-4-2-1-3-5-6;1-2/h1-5H,6-11H2;8H,1-6H2;1-5H;1-2H. The lowest BCUT2D eigenvalue weighted by Crippen LogP contribution is -2.45. The fourth-order valence-electron chi connectivity index (χ4n) is 4.54. The molecular formula is C28H37IN2O4. The Morgan fingerprint density at radius 1 is 0.657 bits per heavy atom. The second kappa shape index (κ2) is 14.8. The fraction of sp³-hybridized carbons (Fsp3) is 0.500. The highest BCUT2D eigenvalue weighted by molar-refractivity contribution is 14.1. The molecular weight excluding hydrogens is 555 g/mol. The van der Waals surface area contributed by atoms with Gasteiger partial charge in [0.05, 0.1) is 26.4 Å². The first-order chi connectivity index (χ1) is 17.2. The van der Waals surface area contributed by atoms with E-state index < -0.39 is 0 Å². The Balaban J connectivity index is 0.000000154.